The molecule has 0 radical (unpaired) electrons. The zero-order valence-electron chi connectivity index (χ0n) is 20.7. The van der Waals surface area contributed by atoms with Crippen LogP contribution in [-0.2, 0) is 22.4 Å². The summed E-state index contributed by atoms with van der Waals surface area (Å²) in [6.45, 7) is 4.29. The Morgan fingerprint density at radius 1 is 0.649 bits per heavy atom. The number of nitrogens with zero attached hydrogens (tertiary/aromatic N) is 2. The highest BCUT2D eigenvalue weighted by molar-refractivity contribution is 5.52. The molecular formula is C31H26N2O4. The van der Waals surface area contributed by atoms with Crippen LogP contribution in [0.4, 0.5) is 11.4 Å². The van der Waals surface area contributed by atoms with Gasteiger partial charge in [-0.25, -0.2) is 9.59 Å². The predicted octanol–water partition coefficient (Wildman–Crippen LogP) is 7.94. The van der Waals surface area contributed by atoms with Crippen molar-refractivity contribution in [1.29, 1.82) is 0 Å². The largest absolute Gasteiger partial charge is 0.457 e. The molecule has 37 heavy (non-hydrogen) atoms. The summed E-state index contributed by atoms with van der Waals surface area (Å²) >= 11 is 0. The van der Waals surface area contributed by atoms with Gasteiger partial charge in [-0.15, -0.1) is 0 Å². The van der Waals surface area contributed by atoms with Crippen LogP contribution in [0.15, 0.2) is 101 Å². The number of hydrogen-bond donors (Lipinski definition) is 0. The van der Waals surface area contributed by atoms with Gasteiger partial charge in [-0.05, 0) is 103 Å². The molecule has 4 aromatic carbocycles. The molecule has 0 aromatic heterocycles. The number of benzene rings is 4. The third-order valence-corrected chi connectivity index (χ3v) is 5.98. The minimum atomic E-state index is 0.350. The molecule has 4 rings (SSSR count). The Morgan fingerprint density at radius 2 is 1.14 bits per heavy atom. The van der Waals surface area contributed by atoms with Crippen LogP contribution in [0, 0.1) is 12.8 Å². The zero-order chi connectivity index (χ0) is 26.0. The van der Waals surface area contributed by atoms with E-state index in [1.165, 1.54) is 11.6 Å². The van der Waals surface area contributed by atoms with Gasteiger partial charge in [0.25, 0.3) is 0 Å². The molecule has 0 amide bonds. The molecule has 4 aromatic rings. The standard InChI is InChI=1S/C31H26N2O4/c1-22(19-25-6-3-4-8-31(25)37-29-16-12-27(13-17-29)33-21-35)18-24-7-5-9-30(23(24)2)36-28-14-10-26(11-15-28)32-20-34/h3-17,22H,18-19H2,1-2H3. The van der Waals surface area contributed by atoms with Crippen molar-refractivity contribution in [2.24, 2.45) is 15.9 Å². The summed E-state index contributed by atoms with van der Waals surface area (Å²) in [5.41, 5.74) is 4.50. The topological polar surface area (TPSA) is 77.3 Å². The third-order valence-electron chi connectivity index (χ3n) is 5.98. The van der Waals surface area contributed by atoms with Gasteiger partial charge in [0.2, 0.25) is 12.2 Å². The van der Waals surface area contributed by atoms with Crippen molar-refractivity contribution < 1.29 is 19.1 Å². The molecule has 6 heteroatoms. The number of hydrogen-bond acceptors (Lipinski definition) is 6. The molecule has 0 aliphatic heterocycles. The van der Waals surface area contributed by atoms with Crippen molar-refractivity contribution in [3.63, 3.8) is 0 Å². The Labute approximate surface area is 215 Å². The fourth-order valence-electron chi connectivity index (χ4n) is 4.12. The number of aliphatic imine (C=N–C) groups is 2. The molecule has 0 saturated carbocycles. The summed E-state index contributed by atoms with van der Waals surface area (Å²) in [6.07, 6.45) is 4.80. The summed E-state index contributed by atoms with van der Waals surface area (Å²) in [5, 5.41) is 0. The minimum Gasteiger partial charge on any atom is -0.457 e. The van der Waals surface area contributed by atoms with E-state index in [1.54, 1.807) is 54.6 Å². The predicted molar refractivity (Wildman–Crippen MR) is 143 cm³/mol. The quantitative estimate of drug-likeness (QED) is 0.167. The van der Waals surface area contributed by atoms with E-state index >= 15 is 0 Å². The van der Waals surface area contributed by atoms with E-state index in [2.05, 4.69) is 36.0 Å². The zero-order valence-corrected chi connectivity index (χ0v) is 20.7. The molecule has 184 valence electrons. The molecule has 0 saturated heterocycles. The van der Waals surface area contributed by atoms with E-state index in [0.717, 1.165) is 35.5 Å². The second-order valence-electron chi connectivity index (χ2n) is 8.76. The lowest BCUT2D eigenvalue weighted by molar-refractivity contribution is 0.465. The van der Waals surface area contributed by atoms with E-state index in [-0.39, 0.29) is 0 Å². The number of para-hydroxylation sites is 1. The van der Waals surface area contributed by atoms with Crippen LogP contribution in [0.2, 0.25) is 0 Å². The molecule has 0 spiro atoms. The highest BCUT2D eigenvalue weighted by Crippen LogP contribution is 2.32. The molecule has 6 nitrogen and oxygen atoms in total. The van der Waals surface area contributed by atoms with Gasteiger partial charge >= 0.3 is 0 Å². The maximum Gasteiger partial charge on any atom is 0.240 e. The molecular weight excluding hydrogens is 464 g/mol. The van der Waals surface area contributed by atoms with Crippen LogP contribution in [0.25, 0.3) is 0 Å². The second-order valence-corrected chi connectivity index (χ2v) is 8.76. The summed E-state index contributed by atoms with van der Waals surface area (Å²) in [6, 6.07) is 28.1. The summed E-state index contributed by atoms with van der Waals surface area (Å²) in [4.78, 5) is 28.1. The fourth-order valence-corrected chi connectivity index (χ4v) is 4.12. The first-order valence-corrected chi connectivity index (χ1v) is 11.9. The molecule has 0 aliphatic carbocycles. The number of carbonyl (C=O) groups excluding carboxylic acids is 2. The normalized spacial score (nSPS) is 11.1. The van der Waals surface area contributed by atoms with Gasteiger partial charge in [0.15, 0.2) is 0 Å². The van der Waals surface area contributed by atoms with E-state index in [1.807, 2.05) is 30.3 Å². The lowest BCUT2D eigenvalue weighted by atomic mass is 9.91. The highest BCUT2D eigenvalue weighted by atomic mass is 16.5. The summed E-state index contributed by atoms with van der Waals surface area (Å²) in [5.74, 6) is 3.30. The van der Waals surface area contributed by atoms with Crippen LogP contribution < -0.4 is 9.47 Å². The monoisotopic (exact) mass is 490 g/mol. The Kier molecular flexibility index (Phi) is 8.41. The van der Waals surface area contributed by atoms with Crippen molar-refractivity contribution in [2.45, 2.75) is 26.7 Å². The van der Waals surface area contributed by atoms with E-state index < -0.39 is 0 Å². The molecule has 1 unspecified atom stereocenters. The maximum absolute atomic E-state index is 10.4. The highest BCUT2D eigenvalue weighted by Gasteiger charge is 2.13. The van der Waals surface area contributed by atoms with Crippen LogP contribution >= 0.6 is 0 Å². The van der Waals surface area contributed by atoms with Crippen LogP contribution in [0.3, 0.4) is 0 Å². The van der Waals surface area contributed by atoms with E-state index in [4.69, 9.17) is 9.47 Å². The van der Waals surface area contributed by atoms with Gasteiger partial charge in [-0.2, -0.15) is 9.98 Å². The van der Waals surface area contributed by atoms with Crippen LogP contribution in [-0.4, -0.2) is 12.2 Å². The van der Waals surface area contributed by atoms with Gasteiger partial charge in [0, 0.05) is 0 Å². The average Bonchev–Trinajstić information content (AvgIpc) is 2.90. The Hall–Kier alpha value is -4.76. The lowest BCUT2D eigenvalue weighted by Gasteiger charge is -2.18. The van der Waals surface area contributed by atoms with Gasteiger partial charge in [-0.3, -0.25) is 0 Å². The first-order valence-electron chi connectivity index (χ1n) is 11.9. The number of isocyanates is 2. The van der Waals surface area contributed by atoms with Crippen LogP contribution in [0.5, 0.6) is 23.0 Å². The lowest BCUT2D eigenvalue weighted by Crippen LogP contribution is -2.06. The summed E-state index contributed by atoms with van der Waals surface area (Å²) < 4.78 is 12.2. The number of ether oxygens (including phenoxy) is 2. The minimum absolute atomic E-state index is 0.350. The smallest absolute Gasteiger partial charge is 0.240 e. The van der Waals surface area contributed by atoms with Gasteiger partial charge in [-0.1, -0.05) is 37.3 Å². The van der Waals surface area contributed by atoms with Crippen molar-refractivity contribution >= 4 is 23.5 Å². The molecule has 0 N–H and O–H groups in total. The third kappa shape index (κ3) is 6.89. The van der Waals surface area contributed by atoms with Crippen LogP contribution in [0.1, 0.15) is 23.6 Å². The second kappa shape index (κ2) is 12.3. The Morgan fingerprint density at radius 3 is 1.73 bits per heavy atom. The Balaban J connectivity index is 1.44. The molecule has 0 aliphatic rings. The number of rotatable bonds is 10. The van der Waals surface area contributed by atoms with Gasteiger partial charge < -0.3 is 9.47 Å². The van der Waals surface area contributed by atoms with Crippen molar-refractivity contribution in [3.8, 4) is 23.0 Å². The summed E-state index contributed by atoms with van der Waals surface area (Å²) in [7, 11) is 0. The first kappa shape index (κ1) is 25.3. The molecule has 0 bridgehead atoms. The van der Waals surface area contributed by atoms with Crippen molar-refractivity contribution in [2.75, 3.05) is 0 Å². The SMILES string of the molecule is Cc1c(CC(C)Cc2ccccc2Oc2ccc(N=C=O)cc2)cccc1Oc1ccc(N=C=O)cc1. The van der Waals surface area contributed by atoms with E-state index in [0.29, 0.717) is 28.8 Å². The fraction of sp³-hybridized carbons (Fsp3) is 0.161. The maximum atomic E-state index is 10.4. The van der Waals surface area contributed by atoms with Crippen molar-refractivity contribution in [1.82, 2.24) is 0 Å². The molecule has 1 atom stereocenters. The average molecular weight is 491 g/mol. The van der Waals surface area contributed by atoms with Gasteiger partial charge in [0.1, 0.15) is 23.0 Å². The van der Waals surface area contributed by atoms with Gasteiger partial charge in [0.05, 0.1) is 11.4 Å². The molecule has 0 heterocycles. The molecule has 0 fully saturated rings. The first-order chi connectivity index (χ1) is 18.1. The Bertz CT molecular complexity index is 1450. The van der Waals surface area contributed by atoms with Crippen molar-refractivity contribution in [3.05, 3.63) is 108 Å². The van der Waals surface area contributed by atoms with E-state index in [9.17, 15) is 9.59 Å².